The lowest BCUT2D eigenvalue weighted by molar-refractivity contribution is -0.280. The summed E-state index contributed by atoms with van der Waals surface area (Å²) in [5.41, 5.74) is -18.2. The first kappa shape index (κ1) is 69.5. The average Bonchev–Trinajstić information content (AvgIpc) is 1.20. The number of hydrogen-bond donors (Lipinski definition) is 0. The summed E-state index contributed by atoms with van der Waals surface area (Å²) in [7, 11) is 3.22. The molecule has 26 heteroatoms. The van der Waals surface area contributed by atoms with Crippen LogP contribution in [0.3, 0.4) is 0 Å². The second-order valence-corrected chi connectivity index (χ2v) is 19.2. The van der Waals surface area contributed by atoms with E-state index >= 15 is 39.5 Å². The standard InChI is InChI=1S/C58H62F12O14/c1-37(36-81-47(72)51(77-4,55(59,60)61)39-21-12-8-13-22-39)31-33-43(82-48(73)52(78-5,56(62,63)64)40-23-14-9-15-24-40)29-20-30-44(83-49(74)53(79-6,57(65,66)67)41-25-16-10-17-26-41)35-45(38(2)32-34-46(71)76-3)84-50(75)54(80-7,58(68,69)70)42-27-18-11-19-28-42/h8-19,21-28,32,34,37-38,43-45H,20,29-31,33,35-36H2,1-7H3/b34-32+/t37-,38+,43-,44-,45-,51-,52-,53-,54-/m1/s1. The van der Waals surface area contributed by atoms with Crippen LogP contribution < -0.4 is 0 Å². The molecule has 0 heterocycles. The molecule has 0 aliphatic heterocycles. The van der Waals surface area contributed by atoms with Gasteiger partial charge in [0, 0.05) is 69.1 Å². The van der Waals surface area contributed by atoms with Crippen LogP contribution in [0.25, 0.3) is 0 Å². The highest BCUT2D eigenvalue weighted by Gasteiger charge is 2.67. The summed E-state index contributed by atoms with van der Waals surface area (Å²) in [6.07, 6.45) is -29.7. The van der Waals surface area contributed by atoms with Crippen molar-refractivity contribution in [2.24, 2.45) is 11.8 Å². The molecule has 0 spiro atoms. The molecule has 0 aromatic heterocycles. The zero-order chi connectivity index (χ0) is 63.0. The third kappa shape index (κ3) is 15.3. The van der Waals surface area contributed by atoms with Crippen LogP contribution in [-0.2, 0) is 89.0 Å². The molecule has 14 nitrogen and oxygen atoms in total. The van der Waals surface area contributed by atoms with E-state index in [9.17, 15) is 37.1 Å². The minimum atomic E-state index is -5.62. The van der Waals surface area contributed by atoms with E-state index in [1.165, 1.54) is 50.2 Å². The summed E-state index contributed by atoms with van der Waals surface area (Å²) in [5.74, 6) is -11.6. The van der Waals surface area contributed by atoms with Crippen molar-refractivity contribution < 1.29 is 119 Å². The molecule has 4 rings (SSSR count). The van der Waals surface area contributed by atoms with Crippen LogP contribution in [-0.4, -0.2) is 115 Å². The number of rotatable bonds is 29. The molecule has 0 aliphatic carbocycles. The van der Waals surface area contributed by atoms with E-state index in [2.05, 4.69) is 4.74 Å². The van der Waals surface area contributed by atoms with Crippen LogP contribution in [0.5, 0.6) is 0 Å². The summed E-state index contributed by atoms with van der Waals surface area (Å²) in [4.78, 5) is 68.2. The van der Waals surface area contributed by atoms with Crippen molar-refractivity contribution in [1.29, 1.82) is 0 Å². The number of methoxy groups -OCH3 is 5. The number of alkyl halides is 12. The van der Waals surface area contributed by atoms with Gasteiger partial charge in [0.2, 0.25) is 0 Å². The number of benzene rings is 4. The van der Waals surface area contributed by atoms with Crippen molar-refractivity contribution in [1.82, 2.24) is 0 Å². The first-order valence-electron chi connectivity index (χ1n) is 25.6. The molecule has 0 bridgehead atoms. The Morgan fingerprint density at radius 1 is 0.429 bits per heavy atom. The molecule has 0 radical (unpaired) electrons. The molecule has 0 unspecified atom stereocenters. The Morgan fingerprint density at radius 3 is 1.08 bits per heavy atom. The molecule has 0 amide bonds. The Bertz CT molecular complexity index is 2780. The first-order valence-corrected chi connectivity index (χ1v) is 25.6. The number of halogens is 12. The third-order valence-corrected chi connectivity index (χ3v) is 13.8. The van der Waals surface area contributed by atoms with E-state index in [1.807, 2.05) is 0 Å². The van der Waals surface area contributed by atoms with Crippen LogP contribution in [0.4, 0.5) is 52.7 Å². The predicted molar refractivity (Wildman–Crippen MR) is 273 cm³/mol. The van der Waals surface area contributed by atoms with E-state index in [4.69, 9.17) is 37.9 Å². The first-order chi connectivity index (χ1) is 39.3. The van der Waals surface area contributed by atoms with E-state index in [1.54, 1.807) is 0 Å². The van der Waals surface area contributed by atoms with Crippen molar-refractivity contribution in [2.75, 3.05) is 42.2 Å². The number of ether oxygens (including phenoxy) is 9. The SMILES string of the molecule is COC(=O)/C=C/[C@H](C)[C@@H](C[C@@H](CCC[C@H](CC[C@@H](C)COC(=O)[C@](OC)(c1ccccc1)C(F)(F)F)OC(=O)[C@](OC)(c1ccccc1)C(F)(F)F)OC(=O)[C@](OC)(c1ccccc1)C(F)(F)F)OC(=O)[C@](OC)(c1ccccc1)C(F)(F)F. The molecule has 84 heavy (non-hydrogen) atoms. The number of esters is 5. The maximum absolute atomic E-state index is 15.4. The van der Waals surface area contributed by atoms with Gasteiger partial charge in [-0.3, -0.25) is 0 Å². The summed E-state index contributed by atoms with van der Waals surface area (Å²) >= 11 is 0. The second kappa shape index (κ2) is 29.2. The van der Waals surface area contributed by atoms with E-state index in [0.29, 0.717) is 28.4 Å². The highest BCUT2D eigenvalue weighted by atomic mass is 19.4. The Balaban J connectivity index is 1.84. The molecule has 0 fully saturated rings. The van der Waals surface area contributed by atoms with Gasteiger partial charge in [0.15, 0.2) is 0 Å². The second-order valence-electron chi connectivity index (χ2n) is 19.2. The van der Waals surface area contributed by atoms with Gasteiger partial charge in [-0.05, 0) is 38.0 Å². The molecule has 0 aliphatic rings. The summed E-state index contributed by atoms with van der Waals surface area (Å²) < 4.78 is 227. The monoisotopic (exact) mass is 1210 g/mol. The lowest BCUT2D eigenvalue weighted by Crippen LogP contribution is -2.53. The fraction of sp³-hybridized carbons (Fsp3) is 0.466. The van der Waals surface area contributed by atoms with Gasteiger partial charge < -0.3 is 42.6 Å². The summed E-state index contributed by atoms with van der Waals surface area (Å²) in [6, 6.07) is 21.9. The molecular weight excluding hydrogens is 1150 g/mol. The number of carbonyl (C=O) groups excluding carboxylic acids is 5. The molecule has 0 saturated heterocycles. The van der Waals surface area contributed by atoms with Crippen molar-refractivity contribution in [2.45, 2.75) is 118 Å². The highest BCUT2D eigenvalue weighted by molar-refractivity contribution is 5.85. The van der Waals surface area contributed by atoms with Crippen LogP contribution >= 0.6 is 0 Å². The fourth-order valence-corrected chi connectivity index (χ4v) is 9.22. The van der Waals surface area contributed by atoms with E-state index < -0.39 is 168 Å². The van der Waals surface area contributed by atoms with Crippen molar-refractivity contribution >= 4 is 29.8 Å². The van der Waals surface area contributed by atoms with Gasteiger partial charge in [-0.25, -0.2) is 24.0 Å². The molecule has 9 atom stereocenters. The van der Waals surface area contributed by atoms with E-state index in [0.717, 1.165) is 104 Å². The van der Waals surface area contributed by atoms with Crippen LogP contribution in [0.2, 0.25) is 0 Å². The quantitative estimate of drug-likeness (QED) is 0.0218. The van der Waals surface area contributed by atoms with E-state index in [-0.39, 0.29) is 6.42 Å². The van der Waals surface area contributed by atoms with Gasteiger partial charge in [-0.15, -0.1) is 0 Å². The zero-order valence-electron chi connectivity index (χ0n) is 46.3. The normalized spacial score (nSPS) is 17.1. The molecule has 462 valence electrons. The fourth-order valence-electron chi connectivity index (χ4n) is 9.22. The smallest absolute Gasteiger partial charge is 0.432 e. The third-order valence-electron chi connectivity index (χ3n) is 13.8. The zero-order valence-corrected chi connectivity index (χ0v) is 46.3. The minimum absolute atomic E-state index is 0.304. The summed E-state index contributed by atoms with van der Waals surface area (Å²) in [6.45, 7) is 1.77. The lowest BCUT2D eigenvalue weighted by atomic mass is 9.90. The Morgan fingerprint density at radius 2 is 0.750 bits per heavy atom. The van der Waals surface area contributed by atoms with Gasteiger partial charge >= 0.3 is 54.6 Å². The maximum atomic E-state index is 15.4. The van der Waals surface area contributed by atoms with Crippen molar-refractivity contribution in [3.8, 4) is 0 Å². The average molecular weight is 1210 g/mol. The number of carbonyl (C=O) groups is 5. The van der Waals surface area contributed by atoms with Gasteiger partial charge in [-0.2, -0.15) is 52.7 Å². The van der Waals surface area contributed by atoms with Gasteiger partial charge in [0.25, 0.3) is 22.4 Å². The minimum Gasteiger partial charge on any atom is -0.466 e. The Hall–Kier alpha value is -7.03. The highest BCUT2D eigenvalue weighted by Crippen LogP contribution is 2.48. The van der Waals surface area contributed by atoms with Crippen LogP contribution in [0.15, 0.2) is 133 Å². The van der Waals surface area contributed by atoms with Gasteiger partial charge in [0.05, 0.1) is 13.7 Å². The van der Waals surface area contributed by atoms with Crippen molar-refractivity contribution in [3.05, 3.63) is 156 Å². The van der Waals surface area contributed by atoms with Crippen molar-refractivity contribution in [3.63, 3.8) is 0 Å². The molecular formula is C58H62F12O14. The van der Waals surface area contributed by atoms with Gasteiger partial charge in [0.1, 0.15) is 18.3 Å². The molecule has 4 aromatic carbocycles. The molecule has 0 N–H and O–H groups in total. The Labute approximate surface area is 475 Å². The number of hydrogen-bond acceptors (Lipinski definition) is 14. The van der Waals surface area contributed by atoms with Crippen LogP contribution in [0.1, 0.15) is 74.6 Å². The lowest BCUT2D eigenvalue weighted by Gasteiger charge is -2.36. The molecule has 4 aromatic rings. The maximum Gasteiger partial charge on any atom is 0.432 e. The largest absolute Gasteiger partial charge is 0.466 e. The topological polar surface area (TPSA) is 168 Å². The predicted octanol–water partition coefficient (Wildman–Crippen LogP) is 12.0. The Kier molecular flexibility index (Phi) is 24.1. The van der Waals surface area contributed by atoms with Crippen LogP contribution in [0, 0.1) is 11.8 Å². The molecule has 0 saturated carbocycles. The van der Waals surface area contributed by atoms with Gasteiger partial charge in [-0.1, -0.05) is 141 Å². The summed E-state index contributed by atoms with van der Waals surface area (Å²) in [5, 5.41) is 0.